The van der Waals surface area contributed by atoms with Crippen LogP contribution in [0.25, 0.3) is 0 Å². The molecule has 8 heteroatoms. The van der Waals surface area contributed by atoms with Gasteiger partial charge in [0.2, 0.25) is 10.4 Å². The highest BCUT2D eigenvalue weighted by atomic mass is 32.3. The van der Waals surface area contributed by atoms with Crippen molar-refractivity contribution in [1.29, 1.82) is 0 Å². The van der Waals surface area contributed by atoms with E-state index in [0.717, 1.165) is 0 Å². The molecular formula is C11H21NO6S. The number of hydrogen-bond acceptors (Lipinski definition) is 6. The lowest BCUT2D eigenvalue weighted by molar-refractivity contribution is -0.890. The third kappa shape index (κ3) is 10.6. The van der Waals surface area contributed by atoms with Gasteiger partial charge in [0.05, 0.1) is 27.2 Å². The molecule has 0 aromatic heterocycles. The van der Waals surface area contributed by atoms with Crippen LogP contribution in [0.5, 0.6) is 0 Å². The summed E-state index contributed by atoms with van der Waals surface area (Å²) in [5, 5.41) is 0. The Morgan fingerprint density at radius 1 is 1.26 bits per heavy atom. The second-order valence-corrected chi connectivity index (χ2v) is 5.94. The van der Waals surface area contributed by atoms with Gasteiger partial charge in [0, 0.05) is 12.0 Å². The summed E-state index contributed by atoms with van der Waals surface area (Å²) in [4.78, 5) is 11.1. The van der Waals surface area contributed by atoms with Crippen LogP contribution in [0.3, 0.4) is 0 Å². The van der Waals surface area contributed by atoms with Gasteiger partial charge in [-0.3, -0.25) is 4.18 Å². The van der Waals surface area contributed by atoms with Crippen LogP contribution >= 0.6 is 0 Å². The van der Waals surface area contributed by atoms with Crippen LogP contribution in [0, 0.1) is 0 Å². The number of carbonyl (C=O) groups is 1. The van der Waals surface area contributed by atoms with E-state index in [-0.39, 0.29) is 13.2 Å². The van der Waals surface area contributed by atoms with Crippen molar-refractivity contribution in [2.45, 2.75) is 13.3 Å². The Morgan fingerprint density at radius 2 is 1.84 bits per heavy atom. The van der Waals surface area contributed by atoms with Gasteiger partial charge in [-0.15, -0.1) is 0 Å². The molecule has 0 aromatic rings. The average molecular weight is 295 g/mol. The minimum Gasteiger partial charge on any atom is -0.726 e. The Hall–Kier alpha value is -0.960. The van der Waals surface area contributed by atoms with Crippen molar-refractivity contribution in [3.05, 3.63) is 12.2 Å². The monoisotopic (exact) mass is 295 g/mol. The van der Waals surface area contributed by atoms with E-state index >= 15 is 0 Å². The number of esters is 1. The van der Waals surface area contributed by atoms with Crippen LogP contribution in [-0.2, 0) is 24.1 Å². The predicted molar refractivity (Wildman–Crippen MR) is 67.9 cm³/mol. The van der Waals surface area contributed by atoms with Gasteiger partial charge in [-0.2, -0.15) is 0 Å². The molecule has 0 saturated carbocycles. The van der Waals surface area contributed by atoms with Crippen LogP contribution in [0.1, 0.15) is 13.3 Å². The predicted octanol–water partition coefficient (Wildman–Crippen LogP) is 0.0490. The first kappa shape index (κ1) is 18.0. The fourth-order valence-electron chi connectivity index (χ4n) is 1.27. The highest BCUT2D eigenvalue weighted by Gasteiger charge is 2.16. The van der Waals surface area contributed by atoms with Crippen molar-refractivity contribution in [3.8, 4) is 0 Å². The second-order valence-electron chi connectivity index (χ2n) is 4.88. The summed E-state index contributed by atoms with van der Waals surface area (Å²) < 4.78 is 40.3. The Balaban J connectivity index is 3.86. The molecule has 0 bridgehead atoms. The highest BCUT2D eigenvalue weighted by Crippen LogP contribution is 2.02. The molecule has 0 aliphatic rings. The molecule has 7 nitrogen and oxygen atoms in total. The minimum atomic E-state index is -4.62. The molecule has 19 heavy (non-hydrogen) atoms. The third-order valence-electron chi connectivity index (χ3n) is 2.41. The fraction of sp³-hybridized carbons (Fsp3) is 0.727. The molecule has 0 rings (SSSR count). The molecule has 0 N–H and O–H groups in total. The van der Waals surface area contributed by atoms with E-state index in [1.807, 2.05) is 14.1 Å². The van der Waals surface area contributed by atoms with E-state index in [1.54, 1.807) is 6.92 Å². The molecule has 0 atom stereocenters. The number of rotatable bonds is 9. The lowest BCUT2D eigenvalue weighted by atomic mass is 10.3. The summed E-state index contributed by atoms with van der Waals surface area (Å²) in [5.74, 6) is -0.430. The van der Waals surface area contributed by atoms with Crippen molar-refractivity contribution >= 4 is 16.4 Å². The number of likely N-dealkylation sites (N-methyl/N-ethyl adjacent to an activating group) is 1. The van der Waals surface area contributed by atoms with Crippen molar-refractivity contribution in [2.24, 2.45) is 0 Å². The second kappa shape index (κ2) is 7.59. The van der Waals surface area contributed by atoms with Crippen LogP contribution in [0.15, 0.2) is 12.2 Å². The van der Waals surface area contributed by atoms with Crippen LogP contribution in [0.4, 0.5) is 0 Å². The zero-order valence-corrected chi connectivity index (χ0v) is 12.4. The average Bonchev–Trinajstić information content (AvgIpc) is 2.22. The van der Waals surface area contributed by atoms with Crippen molar-refractivity contribution in [1.82, 2.24) is 0 Å². The van der Waals surface area contributed by atoms with Crippen molar-refractivity contribution in [3.63, 3.8) is 0 Å². The Labute approximate surface area is 114 Å². The van der Waals surface area contributed by atoms with E-state index in [1.165, 1.54) is 0 Å². The van der Waals surface area contributed by atoms with E-state index in [0.29, 0.717) is 29.6 Å². The normalized spacial score (nSPS) is 12.2. The number of hydrogen-bond donors (Lipinski definition) is 0. The van der Waals surface area contributed by atoms with Gasteiger partial charge in [-0.05, 0) is 6.92 Å². The molecule has 0 aliphatic heterocycles. The number of carbonyl (C=O) groups excluding carboxylic acids is 1. The maximum absolute atomic E-state index is 11.1. The lowest BCUT2D eigenvalue weighted by Gasteiger charge is -2.29. The summed E-state index contributed by atoms with van der Waals surface area (Å²) in [5.41, 5.74) is 0.347. The quantitative estimate of drug-likeness (QED) is 0.149. The number of nitrogens with zero attached hydrogens (tertiary/aromatic N) is 1. The molecule has 0 amide bonds. The molecule has 0 aliphatic carbocycles. The SMILES string of the molecule is C=C(C)C(=O)OCC[N+](C)(C)CCCOS(=O)(=O)[O-]. The Morgan fingerprint density at radius 3 is 2.32 bits per heavy atom. The smallest absolute Gasteiger partial charge is 0.333 e. The van der Waals surface area contributed by atoms with Crippen molar-refractivity contribution in [2.75, 3.05) is 40.4 Å². The molecular weight excluding hydrogens is 274 g/mol. The molecule has 0 saturated heterocycles. The van der Waals surface area contributed by atoms with E-state index in [2.05, 4.69) is 10.8 Å². The molecule has 0 fully saturated rings. The molecule has 0 aromatic carbocycles. The fourth-order valence-corrected chi connectivity index (χ4v) is 1.60. The van der Waals surface area contributed by atoms with E-state index in [9.17, 15) is 17.8 Å². The zero-order chi connectivity index (χ0) is 15.1. The summed E-state index contributed by atoms with van der Waals surface area (Å²) >= 11 is 0. The van der Waals surface area contributed by atoms with Gasteiger partial charge < -0.3 is 13.8 Å². The minimum absolute atomic E-state index is 0.140. The third-order valence-corrected chi connectivity index (χ3v) is 2.87. The summed E-state index contributed by atoms with van der Waals surface area (Å²) in [6.07, 6.45) is 0.420. The van der Waals surface area contributed by atoms with Crippen LogP contribution in [-0.4, -0.2) is 63.8 Å². The first-order valence-electron chi connectivity index (χ1n) is 5.78. The Bertz CT molecular complexity index is 415. The van der Waals surface area contributed by atoms with Gasteiger partial charge in [-0.25, -0.2) is 13.2 Å². The van der Waals surface area contributed by atoms with Crippen LogP contribution in [0.2, 0.25) is 0 Å². The first-order chi connectivity index (χ1) is 8.53. The summed E-state index contributed by atoms with van der Waals surface area (Å²) in [6, 6.07) is 0. The zero-order valence-electron chi connectivity index (χ0n) is 11.5. The lowest BCUT2D eigenvalue weighted by Crippen LogP contribution is -2.43. The highest BCUT2D eigenvalue weighted by molar-refractivity contribution is 7.80. The van der Waals surface area contributed by atoms with Gasteiger partial charge >= 0.3 is 5.97 Å². The van der Waals surface area contributed by atoms with E-state index in [4.69, 9.17) is 4.74 Å². The van der Waals surface area contributed by atoms with Gasteiger partial charge in [0.1, 0.15) is 13.2 Å². The maximum Gasteiger partial charge on any atom is 0.333 e. The molecule has 0 unspecified atom stereocenters. The van der Waals surface area contributed by atoms with Gasteiger partial charge in [0.15, 0.2) is 0 Å². The number of quaternary nitrogens is 1. The summed E-state index contributed by atoms with van der Waals surface area (Å²) in [6.45, 7) is 6.32. The largest absolute Gasteiger partial charge is 0.726 e. The van der Waals surface area contributed by atoms with Crippen molar-refractivity contribution < 1.29 is 31.2 Å². The standard InChI is InChI=1S/C11H21NO6S/c1-10(2)11(13)17-9-7-12(3,4)6-5-8-18-19(14,15)16/h1,5-9H2,2-4H3. The van der Waals surface area contributed by atoms with Crippen LogP contribution < -0.4 is 0 Å². The maximum atomic E-state index is 11.1. The van der Waals surface area contributed by atoms with E-state index < -0.39 is 16.4 Å². The van der Waals surface area contributed by atoms with Gasteiger partial charge in [-0.1, -0.05) is 6.58 Å². The molecule has 0 spiro atoms. The van der Waals surface area contributed by atoms with Gasteiger partial charge in [0.25, 0.3) is 0 Å². The Kier molecular flexibility index (Phi) is 7.20. The summed E-state index contributed by atoms with van der Waals surface area (Å²) in [7, 11) is -0.809. The molecule has 0 heterocycles. The molecule has 112 valence electrons. The number of ether oxygens (including phenoxy) is 1. The molecule has 0 radical (unpaired) electrons. The first-order valence-corrected chi connectivity index (χ1v) is 7.12. The topological polar surface area (TPSA) is 92.7 Å².